The van der Waals surface area contributed by atoms with Crippen LogP contribution in [0.25, 0.3) is 22.2 Å². The van der Waals surface area contributed by atoms with Crippen molar-refractivity contribution in [2.24, 2.45) is 4.40 Å². The fourth-order valence-electron chi connectivity index (χ4n) is 4.32. The van der Waals surface area contributed by atoms with Crippen LogP contribution in [0.5, 0.6) is 5.75 Å². The van der Waals surface area contributed by atoms with Gasteiger partial charge in [0.05, 0.1) is 17.3 Å². The number of hydrogen-bond donors (Lipinski definition) is 2. The number of carboxylic acid groups (broad SMARTS) is 1. The number of nitrogens with zero attached hydrogens (tertiary/aromatic N) is 4. The van der Waals surface area contributed by atoms with Crippen LogP contribution in [-0.4, -0.2) is 60.4 Å². The normalized spacial score (nSPS) is 12.0. The molecule has 204 valence electrons. The quantitative estimate of drug-likeness (QED) is 0.143. The van der Waals surface area contributed by atoms with E-state index in [1.807, 2.05) is 55.5 Å². The molecule has 0 unspecified atom stereocenters. The van der Waals surface area contributed by atoms with Gasteiger partial charge in [-0.15, -0.1) is 4.40 Å². The van der Waals surface area contributed by atoms with Gasteiger partial charge in [0, 0.05) is 38.3 Å². The third kappa shape index (κ3) is 6.55. The number of nitrogens with one attached hydrogen (secondary N) is 1. The zero-order chi connectivity index (χ0) is 28.3. The number of guanidine groups is 1. The molecule has 4 aromatic rings. The number of hydrogen-bond acceptors (Lipinski definition) is 5. The van der Waals surface area contributed by atoms with Gasteiger partial charge in [-0.1, -0.05) is 49.4 Å². The summed E-state index contributed by atoms with van der Waals surface area (Å²) in [7, 11) is -0.153. The summed E-state index contributed by atoms with van der Waals surface area (Å²) in [6.07, 6.45) is 0.425. The summed E-state index contributed by atoms with van der Waals surface area (Å²) in [5, 5.41) is 12.2. The van der Waals surface area contributed by atoms with E-state index in [4.69, 9.17) is 14.8 Å². The van der Waals surface area contributed by atoms with E-state index in [9.17, 15) is 13.2 Å². The lowest BCUT2D eigenvalue weighted by Crippen LogP contribution is -2.30. The second kappa shape index (κ2) is 11.2. The van der Waals surface area contributed by atoms with Gasteiger partial charge in [-0.2, -0.15) is 0 Å². The first kappa shape index (κ1) is 27.6. The van der Waals surface area contributed by atoms with Gasteiger partial charge in [0.2, 0.25) is 5.96 Å². The minimum atomic E-state index is -3.59. The van der Waals surface area contributed by atoms with Gasteiger partial charge in [-0.25, -0.2) is 18.2 Å². The first-order valence-electron chi connectivity index (χ1n) is 12.3. The highest BCUT2D eigenvalue weighted by atomic mass is 32.2. The number of ether oxygens (including phenoxy) is 1. The standard InChI is InChI=1S/C28H31N5O5S/c1-6-25-30-26-18(2)15-21(29-27(32(3)4)31-39(5,36)37)16-23(26)33(25)17-19-11-13-20(14-12-19)22-9-7-8-10-24(22)38-28(34)35/h7-16H,6,17H2,1-5H3,(H,29,31)(H,34,35). The Balaban J connectivity index is 1.70. The van der Waals surface area contributed by atoms with Crippen LogP contribution in [0.4, 0.5) is 10.5 Å². The fraction of sp³-hybridized carbons (Fsp3) is 0.250. The maximum absolute atomic E-state index is 11.8. The number of aryl methyl sites for hydroxylation is 2. The summed E-state index contributed by atoms with van der Waals surface area (Å²) in [6.45, 7) is 4.59. The molecule has 0 aliphatic rings. The number of sulfonamides is 1. The molecule has 0 amide bonds. The molecule has 0 atom stereocenters. The maximum Gasteiger partial charge on any atom is 0.511 e. The minimum Gasteiger partial charge on any atom is -0.449 e. The first-order chi connectivity index (χ1) is 18.4. The van der Waals surface area contributed by atoms with Crippen molar-refractivity contribution in [1.29, 1.82) is 0 Å². The Morgan fingerprint density at radius 3 is 2.44 bits per heavy atom. The topological polar surface area (TPSA) is 126 Å². The molecular weight excluding hydrogens is 518 g/mol. The van der Waals surface area contributed by atoms with E-state index < -0.39 is 16.2 Å². The summed E-state index contributed by atoms with van der Waals surface area (Å²) < 4.78 is 34.5. The average Bonchev–Trinajstić information content (AvgIpc) is 3.21. The number of carbonyl (C=O) groups is 1. The van der Waals surface area contributed by atoms with Crippen molar-refractivity contribution < 1.29 is 23.1 Å². The average molecular weight is 550 g/mol. The molecule has 0 saturated carbocycles. The van der Waals surface area contributed by atoms with Crippen LogP contribution in [0.3, 0.4) is 0 Å². The number of imidazole rings is 1. The van der Waals surface area contributed by atoms with E-state index in [1.165, 1.54) is 0 Å². The SMILES string of the molecule is CCc1nc2c(C)cc(NC(=NS(C)(=O)=O)N(C)C)cc2n1Cc1ccc(-c2ccccc2OC(=O)O)cc1. The molecule has 39 heavy (non-hydrogen) atoms. The zero-order valence-electron chi connectivity index (χ0n) is 22.5. The highest BCUT2D eigenvalue weighted by Gasteiger charge is 2.16. The van der Waals surface area contributed by atoms with Gasteiger partial charge in [-0.3, -0.25) is 0 Å². The smallest absolute Gasteiger partial charge is 0.449 e. The lowest BCUT2D eigenvalue weighted by molar-refractivity contribution is 0.144. The molecule has 11 heteroatoms. The van der Waals surface area contributed by atoms with Gasteiger partial charge in [0.1, 0.15) is 11.6 Å². The van der Waals surface area contributed by atoms with Crippen LogP contribution < -0.4 is 10.1 Å². The van der Waals surface area contributed by atoms with Crippen LogP contribution in [0.1, 0.15) is 23.9 Å². The highest BCUT2D eigenvalue weighted by molar-refractivity contribution is 7.89. The second-order valence-corrected chi connectivity index (χ2v) is 11.0. The third-order valence-corrected chi connectivity index (χ3v) is 6.57. The van der Waals surface area contributed by atoms with E-state index in [2.05, 4.69) is 21.2 Å². The Bertz CT molecular complexity index is 1660. The Labute approximate surface area is 227 Å². The van der Waals surface area contributed by atoms with Crippen LogP contribution in [-0.2, 0) is 23.0 Å². The maximum atomic E-state index is 11.8. The molecular formula is C28H31N5O5S. The lowest BCUT2D eigenvalue weighted by Gasteiger charge is -2.18. The third-order valence-electron chi connectivity index (χ3n) is 6.06. The molecule has 0 bridgehead atoms. The molecule has 2 N–H and O–H groups in total. The van der Waals surface area contributed by atoms with Crippen molar-refractivity contribution in [2.45, 2.75) is 26.8 Å². The summed E-state index contributed by atoms with van der Waals surface area (Å²) in [6, 6.07) is 18.7. The fourth-order valence-corrected chi connectivity index (χ4v) is 4.85. The van der Waals surface area contributed by atoms with Crippen molar-refractivity contribution >= 4 is 38.9 Å². The van der Waals surface area contributed by atoms with Gasteiger partial charge in [-0.05, 0) is 41.8 Å². The highest BCUT2D eigenvalue weighted by Crippen LogP contribution is 2.31. The van der Waals surface area contributed by atoms with Crippen LogP contribution in [0.2, 0.25) is 0 Å². The predicted molar refractivity (Wildman–Crippen MR) is 153 cm³/mol. The molecule has 0 aliphatic carbocycles. The Morgan fingerprint density at radius 1 is 1.13 bits per heavy atom. The molecule has 4 rings (SSSR count). The zero-order valence-corrected chi connectivity index (χ0v) is 23.3. The van der Waals surface area contributed by atoms with Crippen molar-refractivity contribution in [3.05, 3.63) is 77.6 Å². The van der Waals surface area contributed by atoms with Crippen LogP contribution in [0.15, 0.2) is 65.1 Å². The van der Waals surface area contributed by atoms with Gasteiger partial charge in [0.25, 0.3) is 10.0 Å². The van der Waals surface area contributed by atoms with E-state index in [0.29, 0.717) is 17.8 Å². The Morgan fingerprint density at radius 2 is 1.82 bits per heavy atom. The van der Waals surface area contributed by atoms with Crippen molar-refractivity contribution in [3.8, 4) is 16.9 Å². The summed E-state index contributed by atoms with van der Waals surface area (Å²) >= 11 is 0. The summed E-state index contributed by atoms with van der Waals surface area (Å²) in [5.41, 5.74) is 6.00. The van der Waals surface area contributed by atoms with Crippen molar-refractivity contribution in [1.82, 2.24) is 14.5 Å². The molecule has 0 aliphatic heterocycles. The van der Waals surface area contributed by atoms with Crippen LogP contribution in [0, 0.1) is 6.92 Å². The Kier molecular flexibility index (Phi) is 7.91. The van der Waals surface area contributed by atoms with Crippen molar-refractivity contribution in [2.75, 3.05) is 25.7 Å². The van der Waals surface area contributed by atoms with Crippen molar-refractivity contribution in [3.63, 3.8) is 0 Å². The second-order valence-electron chi connectivity index (χ2n) is 9.36. The molecule has 1 aromatic heterocycles. The molecule has 1 heterocycles. The number of aromatic nitrogens is 2. The monoisotopic (exact) mass is 549 g/mol. The Hall–Kier alpha value is -4.38. The van der Waals surface area contributed by atoms with E-state index in [-0.39, 0.29) is 11.7 Å². The largest absolute Gasteiger partial charge is 0.511 e. The first-order valence-corrected chi connectivity index (χ1v) is 14.1. The minimum absolute atomic E-state index is 0.209. The number of benzene rings is 3. The number of anilines is 1. The summed E-state index contributed by atoms with van der Waals surface area (Å²) in [5.74, 6) is 1.41. The molecule has 0 fully saturated rings. The molecule has 10 nitrogen and oxygen atoms in total. The summed E-state index contributed by atoms with van der Waals surface area (Å²) in [4.78, 5) is 17.6. The van der Waals surface area contributed by atoms with E-state index in [0.717, 1.165) is 46.2 Å². The van der Waals surface area contributed by atoms with E-state index >= 15 is 0 Å². The predicted octanol–water partition coefficient (Wildman–Crippen LogP) is 4.97. The number of fused-ring (bicyclic) bond motifs is 1. The number of para-hydroxylation sites is 1. The molecule has 3 aromatic carbocycles. The molecule has 0 saturated heterocycles. The molecule has 0 spiro atoms. The van der Waals surface area contributed by atoms with Gasteiger partial charge >= 0.3 is 6.16 Å². The van der Waals surface area contributed by atoms with Gasteiger partial charge in [0.15, 0.2) is 0 Å². The van der Waals surface area contributed by atoms with Crippen LogP contribution >= 0.6 is 0 Å². The van der Waals surface area contributed by atoms with E-state index in [1.54, 1.807) is 31.1 Å². The van der Waals surface area contributed by atoms with Gasteiger partial charge < -0.3 is 24.6 Å². The molecule has 0 radical (unpaired) electrons. The number of rotatable bonds is 7. The lowest BCUT2D eigenvalue weighted by atomic mass is 10.0.